The quantitative estimate of drug-likeness (QED) is 0.778. The fourth-order valence-electron chi connectivity index (χ4n) is 3.05. The molecule has 2 atom stereocenters. The van der Waals surface area contributed by atoms with Crippen molar-refractivity contribution in [2.24, 2.45) is 5.92 Å². The summed E-state index contributed by atoms with van der Waals surface area (Å²) in [6, 6.07) is 6.58. The van der Waals surface area contributed by atoms with E-state index in [0.29, 0.717) is 6.04 Å². The lowest BCUT2D eigenvalue weighted by molar-refractivity contribution is 0.489. The zero-order valence-electron chi connectivity index (χ0n) is 10.6. The summed E-state index contributed by atoms with van der Waals surface area (Å²) in [7, 11) is 0. The topological polar surface area (TPSA) is 60.7 Å². The molecule has 0 radical (unpaired) electrons. The SMILES string of the molecule is CCC1CCCC1Nc1ccc2[nH]c(=O)[nH]c2c1. The number of rotatable bonds is 3. The summed E-state index contributed by atoms with van der Waals surface area (Å²) in [6.07, 6.45) is 5.14. The van der Waals surface area contributed by atoms with Gasteiger partial charge >= 0.3 is 5.69 Å². The second-order valence-electron chi connectivity index (χ2n) is 5.19. The average Bonchev–Trinajstić information content (AvgIpc) is 2.93. The molecule has 3 rings (SSSR count). The average molecular weight is 245 g/mol. The summed E-state index contributed by atoms with van der Waals surface area (Å²) in [5, 5.41) is 3.61. The number of aromatic nitrogens is 2. The molecular formula is C14H19N3O. The molecule has 0 bridgehead atoms. The maximum Gasteiger partial charge on any atom is 0.323 e. The van der Waals surface area contributed by atoms with Crippen LogP contribution in [0.15, 0.2) is 23.0 Å². The molecule has 2 aromatic rings. The zero-order valence-corrected chi connectivity index (χ0v) is 10.6. The smallest absolute Gasteiger partial charge is 0.323 e. The van der Waals surface area contributed by atoms with Crippen molar-refractivity contribution in [2.45, 2.75) is 38.6 Å². The van der Waals surface area contributed by atoms with E-state index in [1.807, 2.05) is 18.2 Å². The molecule has 4 heteroatoms. The minimum Gasteiger partial charge on any atom is -0.382 e. The van der Waals surface area contributed by atoms with Crippen LogP contribution in [-0.4, -0.2) is 16.0 Å². The Hall–Kier alpha value is -1.71. The second kappa shape index (κ2) is 4.52. The molecule has 0 saturated heterocycles. The number of hydrogen-bond acceptors (Lipinski definition) is 2. The number of nitrogens with one attached hydrogen (secondary N) is 3. The van der Waals surface area contributed by atoms with Crippen LogP contribution >= 0.6 is 0 Å². The van der Waals surface area contributed by atoms with E-state index in [-0.39, 0.29) is 5.69 Å². The van der Waals surface area contributed by atoms with Gasteiger partial charge < -0.3 is 15.3 Å². The Kier molecular flexibility index (Phi) is 2.86. The summed E-state index contributed by atoms with van der Waals surface area (Å²) in [6.45, 7) is 2.26. The van der Waals surface area contributed by atoms with Gasteiger partial charge in [0, 0.05) is 11.7 Å². The number of H-pyrrole nitrogens is 2. The fourth-order valence-corrected chi connectivity index (χ4v) is 3.05. The van der Waals surface area contributed by atoms with Crippen molar-refractivity contribution in [1.29, 1.82) is 0 Å². The molecule has 1 saturated carbocycles. The maximum absolute atomic E-state index is 11.2. The predicted molar refractivity (Wildman–Crippen MR) is 74.0 cm³/mol. The standard InChI is InChI=1S/C14H19N3O/c1-2-9-4-3-5-11(9)15-10-6-7-12-13(8-10)17-14(18)16-12/h6-9,11,15H,2-5H2,1H3,(H2,16,17,18). The molecule has 1 aliphatic carbocycles. The summed E-state index contributed by atoms with van der Waals surface area (Å²) in [5.41, 5.74) is 2.69. The molecular weight excluding hydrogens is 226 g/mol. The van der Waals surface area contributed by atoms with Crippen LogP contribution in [-0.2, 0) is 0 Å². The zero-order chi connectivity index (χ0) is 12.5. The van der Waals surface area contributed by atoms with E-state index >= 15 is 0 Å². The van der Waals surface area contributed by atoms with E-state index in [1.165, 1.54) is 25.7 Å². The Labute approximate surface area is 106 Å². The van der Waals surface area contributed by atoms with E-state index in [1.54, 1.807) is 0 Å². The van der Waals surface area contributed by atoms with Crippen LogP contribution in [0.25, 0.3) is 11.0 Å². The summed E-state index contributed by atoms with van der Waals surface area (Å²) >= 11 is 0. The highest BCUT2D eigenvalue weighted by atomic mass is 16.1. The van der Waals surface area contributed by atoms with E-state index < -0.39 is 0 Å². The first kappa shape index (κ1) is 11.4. The van der Waals surface area contributed by atoms with Gasteiger partial charge in [0.05, 0.1) is 11.0 Å². The van der Waals surface area contributed by atoms with Gasteiger partial charge in [-0.15, -0.1) is 0 Å². The van der Waals surface area contributed by atoms with Gasteiger partial charge in [0.25, 0.3) is 0 Å². The molecule has 96 valence electrons. The number of imidazole rings is 1. The van der Waals surface area contributed by atoms with E-state index in [4.69, 9.17) is 0 Å². The summed E-state index contributed by atoms with van der Waals surface area (Å²) < 4.78 is 0. The molecule has 2 unspecified atom stereocenters. The van der Waals surface area contributed by atoms with Crippen molar-refractivity contribution in [3.8, 4) is 0 Å². The van der Waals surface area contributed by atoms with Gasteiger partial charge in [0.2, 0.25) is 0 Å². The first-order valence-corrected chi connectivity index (χ1v) is 6.75. The highest BCUT2D eigenvalue weighted by molar-refractivity contribution is 5.78. The van der Waals surface area contributed by atoms with Crippen molar-refractivity contribution >= 4 is 16.7 Å². The van der Waals surface area contributed by atoms with Crippen LogP contribution in [0, 0.1) is 5.92 Å². The van der Waals surface area contributed by atoms with Gasteiger partial charge in [-0.1, -0.05) is 19.8 Å². The lowest BCUT2D eigenvalue weighted by Crippen LogP contribution is -2.23. The van der Waals surface area contributed by atoms with Gasteiger partial charge in [-0.25, -0.2) is 4.79 Å². The molecule has 18 heavy (non-hydrogen) atoms. The minimum atomic E-state index is -0.144. The van der Waals surface area contributed by atoms with Crippen molar-refractivity contribution in [2.75, 3.05) is 5.32 Å². The normalized spacial score (nSPS) is 23.6. The van der Waals surface area contributed by atoms with E-state index in [0.717, 1.165) is 22.6 Å². The van der Waals surface area contributed by atoms with Gasteiger partial charge in [-0.05, 0) is 37.0 Å². The number of aromatic amines is 2. The Balaban J connectivity index is 1.83. The molecule has 0 spiro atoms. The maximum atomic E-state index is 11.2. The molecule has 1 aromatic carbocycles. The van der Waals surface area contributed by atoms with Crippen LogP contribution in [0.2, 0.25) is 0 Å². The van der Waals surface area contributed by atoms with E-state index in [9.17, 15) is 4.79 Å². The molecule has 1 aliphatic rings. The molecule has 1 fully saturated rings. The fraction of sp³-hybridized carbons (Fsp3) is 0.500. The van der Waals surface area contributed by atoms with Crippen molar-refractivity contribution in [3.63, 3.8) is 0 Å². The Bertz CT molecular complexity index is 598. The highest BCUT2D eigenvalue weighted by Crippen LogP contribution is 2.31. The van der Waals surface area contributed by atoms with Crippen molar-refractivity contribution in [3.05, 3.63) is 28.7 Å². The number of benzene rings is 1. The Morgan fingerprint density at radius 1 is 1.28 bits per heavy atom. The number of hydrogen-bond donors (Lipinski definition) is 3. The summed E-state index contributed by atoms with van der Waals surface area (Å²) in [4.78, 5) is 16.8. The molecule has 1 heterocycles. The second-order valence-corrected chi connectivity index (χ2v) is 5.19. The van der Waals surface area contributed by atoms with Gasteiger partial charge in [-0.3, -0.25) is 0 Å². The first-order valence-electron chi connectivity index (χ1n) is 6.75. The number of anilines is 1. The molecule has 0 aliphatic heterocycles. The van der Waals surface area contributed by atoms with Crippen LogP contribution in [0.4, 0.5) is 5.69 Å². The van der Waals surface area contributed by atoms with Crippen molar-refractivity contribution < 1.29 is 0 Å². The number of fused-ring (bicyclic) bond motifs is 1. The third kappa shape index (κ3) is 2.03. The van der Waals surface area contributed by atoms with E-state index in [2.05, 4.69) is 22.2 Å². The van der Waals surface area contributed by atoms with Crippen molar-refractivity contribution in [1.82, 2.24) is 9.97 Å². The third-order valence-electron chi connectivity index (χ3n) is 4.05. The Morgan fingerprint density at radius 3 is 2.94 bits per heavy atom. The highest BCUT2D eigenvalue weighted by Gasteiger charge is 2.25. The third-order valence-corrected chi connectivity index (χ3v) is 4.05. The summed E-state index contributed by atoms with van der Waals surface area (Å²) in [5.74, 6) is 0.783. The predicted octanol–water partition coefficient (Wildman–Crippen LogP) is 2.85. The first-order chi connectivity index (χ1) is 8.76. The monoisotopic (exact) mass is 245 g/mol. The van der Waals surface area contributed by atoms with Crippen LogP contribution in [0.3, 0.4) is 0 Å². The molecule has 3 N–H and O–H groups in total. The van der Waals surface area contributed by atoms with Gasteiger partial charge in [-0.2, -0.15) is 0 Å². The molecule has 1 aromatic heterocycles. The van der Waals surface area contributed by atoms with Crippen LogP contribution < -0.4 is 11.0 Å². The minimum absolute atomic E-state index is 0.144. The molecule has 4 nitrogen and oxygen atoms in total. The van der Waals surface area contributed by atoms with Gasteiger partial charge in [0.1, 0.15) is 0 Å². The largest absolute Gasteiger partial charge is 0.382 e. The van der Waals surface area contributed by atoms with Gasteiger partial charge in [0.15, 0.2) is 0 Å². The Morgan fingerprint density at radius 2 is 2.11 bits per heavy atom. The van der Waals surface area contributed by atoms with Crippen LogP contribution in [0.5, 0.6) is 0 Å². The lowest BCUT2D eigenvalue weighted by atomic mass is 10.0. The molecule has 0 amide bonds. The van der Waals surface area contributed by atoms with Crippen LogP contribution in [0.1, 0.15) is 32.6 Å². The lowest BCUT2D eigenvalue weighted by Gasteiger charge is -2.20.